The van der Waals surface area contributed by atoms with E-state index in [9.17, 15) is 9.59 Å². The molecule has 0 saturated carbocycles. The van der Waals surface area contributed by atoms with Gasteiger partial charge in [0.25, 0.3) is 0 Å². The van der Waals surface area contributed by atoms with Crippen molar-refractivity contribution in [2.45, 2.75) is 13.3 Å². The van der Waals surface area contributed by atoms with E-state index < -0.39 is 12.1 Å². The second kappa shape index (κ2) is 8.51. The third kappa shape index (κ3) is 17.9. The molecule has 76 valence electrons. The molecule has 13 heavy (non-hydrogen) atoms. The Labute approximate surface area is 75.4 Å². The van der Waals surface area contributed by atoms with Gasteiger partial charge in [-0.15, -0.1) is 0 Å². The van der Waals surface area contributed by atoms with E-state index in [0.29, 0.717) is 0 Å². The molecule has 0 radical (unpaired) electrons. The number of hydrogen-bond acceptors (Lipinski definition) is 5. The molecule has 6 nitrogen and oxygen atoms in total. The van der Waals surface area contributed by atoms with Gasteiger partial charge in [0.15, 0.2) is 0 Å². The normalized spacial score (nSPS) is 7.62. The van der Waals surface area contributed by atoms with Crippen LogP contribution in [0.25, 0.3) is 0 Å². The quantitative estimate of drug-likeness (QED) is 0.504. The summed E-state index contributed by atoms with van der Waals surface area (Å²) in [7, 11) is 2.35. The van der Waals surface area contributed by atoms with E-state index in [4.69, 9.17) is 9.90 Å². The van der Waals surface area contributed by atoms with E-state index in [2.05, 4.69) is 9.47 Å². The fraction of sp³-hybridized carbons (Fsp3) is 0.571. The molecule has 0 aromatic carbocycles. The minimum absolute atomic E-state index is 0.115. The second-order valence-corrected chi connectivity index (χ2v) is 1.92. The monoisotopic (exact) mass is 192 g/mol. The minimum atomic E-state index is -1.25. The lowest BCUT2D eigenvalue weighted by molar-refractivity contribution is -0.142. The molecule has 0 amide bonds. The summed E-state index contributed by atoms with van der Waals surface area (Å²) in [5.41, 5.74) is 0. The van der Waals surface area contributed by atoms with Crippen LogP contribution in [0, 0.1) is 0 Å². The van der Waals surface area contributed by atoms with Crippen LogP contribution in [0.5, 0.6) is 0 Å². The number of ketones is 1. The van der Waals surface area contributed by atoms with E-state index in [1.165, 1.54) is 14.0 Å². The van der Waals surface area contributed by atoms with Crippen LogP contribution in [0.15, 0.2) is 0 Å². The summed E-state index contributed by atoms with van der Waals surface area (Å²) >= 11 is 0. The number of carbonyl (C=O) groups excluding carboxylic acids is 2. The molecule has 0 rings (SSSR count). The molecule has 0 unspecified atom stereocenters. The lowest BCUT2D eigenvalue weighted by atomic mass is 10.3. The number of hydrogen-bond donors (Lipinski definition) is 1. The number of ether oxygens (including phenoxy) is 2. The van der Waals surface area contributed by atoms with Crippen molar-refractivity contribution < 1.29 is 29.0 Å². The van der Waals surface area contributed by atoms with Gasteiger partial charge < -0.3 is 14.6 Å². The van der Waals surface area contributed by atoms with Crippen LogP contribution in [0.3, 0.4) is 0 Å². The third-order valence-corrected chi connectivity index (χ3v) is 0.796. The van der Waals surface area contributed by atoms with Crippen LogP contribution in [-0.4, -0.2) is 37.2 Å². The first-order chi connectivity index (χ1) is 5.93. The summed E-state index contributed by atoms with van der Waals surface area (Å²) < 4.78 is 7.87. The molecular formula is C7H12O6. The van der Waals surface area contributed by atoms with Crippen molar-refractivity contribution in [2.75, 3.05) is 14.2 Å². The van der Waals surface area contributed by atoms with Gasteiger partial charge in [0.1, 0.15) is 12.2 Å². The van der Waals surface area contributed by atoms with Gasteiger partial charge in [0.05, 0.1) is 14.2 Å². The number of Topliss-reactive ketones (excluding diaryl/α,β-unsaturated/α-hetero) is 1. The van der Waals surface area contributed by atoms with Gasteiger partial charge in [-0.25, -0.2) is 4.79 Å². The van der Waals surface area contributed by atoms with Crippen molar-refractivity contribution in [3.8, 4) is 0 Å². The Hall–Kier alpha value is -1.59. The van der Waals surface area contributed by atoms with Crippen molar-refractivity contribution >= 4 is 17.9 Å². The smallest absolute Gasteiger partial charge is 0.469 e. The molecule has 0 heterocycles. The van der Waals surface area contributed by atoms with Crippen LogP contribution in [0.1, 0.15) is 13.3 Å². The summed E-state index contributed by atoms with van der Waals surface area (Å²) in [6.07, 6.45) is -1.36. The van der Waals surface area contributed by atoms with Crippen molar-refractivity contribution in [3.63, 3.8) is 0 Å². The van der Waals surface area contributed by atoms with E-state index >= 15 is 0 Å². The number of methoxy groups -OCH3 is 2. The highest BCUT2D eigenvalue weighted by molar-refractivity contribution is 5.93. The molecule has 0 fully saturated rings. The average molecular weight is 192 g/mol. The number of carboxylic acid groups (broad SMARTS) is 1. The van der Waals surface area contributed by atoms with E-state index in [1.54, 1.807) is 0 Å². The highest BCUT2D eigenvalue weighted by Gasteiger charge is 2.01. The Bertz CT molecular complexity index is 185. The molecule has 0 spiro atoms. The minimum Gasteiger partial charge on any atom is -0.469 e. The first kappa shape index (κ1) is 14.0. The predicted molar refractivity (Wildman–Crippen MR) is 42.3 cm³/mol. The van der Waals surface area contributed by atoms with Crippen molar-refractivity contribution in [1.29, 1.82) is 0 Å². The van der Waals surface area contributed by atoms with E-state index in [-0.39, 0.29) is 12.2 Å². The fourth-order valence-corrected chi connectivity index (χ4v) is 0.275. The van der Waals surface area contributed by atoms with Gasteiger partial charge in [-0.3, -0.25) is 9.59 Å². The second-order valence-electron chi connectivity index (χ2n) is 1.92. The fourth-order valence-electron chi connectivity index (χ4n) is 0.275. The third-order valence-electron chi connectivity index (χ3n) is 0.796. The first-order valence-corrected chi connectivity index (χ1v) is 3.27. The van der Waals surface area contributed by atoms with Crippen molar-refractivity contribution in [3.05, 3.63) is 0 Å². The highest BCUT2D eigenvalue weighted by atomic mass is 16.6. The van der Waals surface area contributed by atoms with E-state index in [0.717, 1.165) is 7.11 Å². The van der Waals surface area contributed by atoms with Crippen molar-refractivity contribution in [1.82, 2.24) is 0 Å². The van der Waals surface area contributed by atoms with Gasteiger partial charge in [-0.1, -0.05) is 0 Å². The lowest BCUT2D eigenvalue weighted by Gasteiger charge is -1.90. The molecule has 0 saturated heterocycles. The Kier molecular flexibility index (Phi) is 9.14. The van der Waals surface area contributed by atoms with Crippen LogP contribution >= 0.6 is 0 Å². The van der Waals surface area contributed by atoms with Gasteiger partial charge in [-0.2, -0.15) is 0 Å². The molecule has 0 bridgehead atoms. The molecule has 0 atom stereocenters. The number of carbonyl (C=O) groups is 3. The summed E-state index contributed by atoms with van der Waals surface area (Å²) in [5, 5.41) is 7.50. The average Bonchev–Trinajstić information content (AvgIpc) is 2.04. The van der Waals surface area contributed by atoms with Crippen LogP contribution in [0.4, 0.5) is 4.79 Å². The Morgan fingerprint density at radius 3 is 1.62 bits per heavy atom. The van der Waals surface area contributed by atoms with E-state index in [1.807, 2.05) is 0 Å². The highest BCUT2D eigenvalue weighted by Crippen LogP contribution is 1.83. The Morgan fingerprint density at radius 1 is 1.15 bits per heavy atom. The predicted octanol–water partition coefficient (Wildman–Crippen LogP) is 0.449. The topological polar surface area (TPSA) is 89.9 Å². The molecule has 0 aromatic rings. The number of esters is 1. The van der Waals surface area contributed by atoms with Gasteiger partial charge in [-0.05, 0) is 6.92 Å². The van der Waals surface area contributed by atoms with Crippen LogP contribution in [-0.2, 0) is 19.1 Å². The zero-order valence-corrected chi connectivity index (χ0v) is 7.70. The maximum atomic E-state index is 10.2. The molecular weight excluding hydrogens is 180 g/mol. The van der Waals surface area contributed by atoms with Crippen LogP contribution < -0.4 is 0 Å². The number of rotatable bonds is 2. The maximum Gasteiger partial charge on any atom is 0.505 e. The first-order valence-electron chi connectivity index (χ1n) is 3.27. The molecule has 6 heteroatoms. The standard InChI is InChI=1S/C5H8O3.C2H4O3/c1-4(6)3-5(7)8-2;1-5-2(3)4/h3H2,1-2H3;1H3,(H,3,4). The molecule has 0 aliphatic carbocycles. The zero-order chi connectivity index (χ0) is 10.9. The molecule has 0 aliphatic rings. The summed E-state index contributed by atoms with van der Waals surface area (Å²) in [5.74, 6) is -0.644. The lowest BCUT2D eigenvalue weighted by Crippen LogP contribution is -2.05. The molecule has 0 aromatic heterocycles. The molecule has 1 N–H and O–H groups in total. The largest absolute Gasteiger partial charge is 0.505 e. The zero-order valence-electron chi connectivity index (χ0n) is 7.70. The summed E-state index contributed by atoms with van der Waals surface area (Å²) in [6.45, 7) is 1.34. The van der Waals surface area contributed by atoms with Crippen molar-refractivity contribution in [2.24, 2.45) is 0 Å². The molecule has 0 aliphatic heterocycles. The van der Waals surface area contributed by atoms with Gasteiger partial charge >= 0.3 is 12.1 Å². The summed E-state index contributed by atoms with van der Waals surface area (Å²) in [6, 6.07) is 0. The summed E-state index contributed by atoms with van der Waals surface area (Å²) in [4.78, 5) is 29.4. The van der Waals surface area contributed by atoms with Crippen LogP contribution in [0.2, 0.25) is 0 Å². The van der Waals surface area contributed by atoms with Gasteiger partial charge in [0, 0.05) is 0 Å². The van der Waals surface area contributed by atoms with Gasteiger partial charge in [0.2, 0.25) is 0 Å². The Balaban J connectivity index is 0. The Morgan fingerprint density at radius 2 is 1.54 bits per heavy atom. The SMILES string of the molecule is COC(=O)CC(C)=O.COC(=O)O. The maximum absolute atomic E-state index is 10.2.